The number of benzene rings is 1. The largest absolute Gasteiger partial charge is 0.365 e. The van der Waals surface area contributed by atoms with Gasteiger partial charge < -0.3 is 19.9 Å². The van der Waals surface area contributed by atoms with E-state index in [1.165, 1.54) is 17.0 Å². The highest BCUT2D eigenvalue weighted by atomic mass is 19.1. The highest BCUT2D eigenvalue weighted by Crippen LogP contribution is 2.19. The van der Waals surface area contributed by atoms with Crippen molar-refractivity contribution in [1.29, 1.82) is 0 Å². The van der Waals surface area contributed by atoms with E-state index in [0.29, 0.717) is 23.4 Å². The van der Waals surface area contributed by atoms with Gasteiger partial charge in [-0.15, -0.1) is 0 Å². The van der Waals surface area contributed by atoms with E-state index in [9.17, 15) is 13.6 Å². The van der Waals surface area contributed by atoms with Gasteiger partial charge in [-0.2, -0.15) is 0 Å². The Hall–Kier alpha value is -2.22. The summed E-state index contributed by atoms with van der Waals surface area (Å²) in [5.74, 6) is 0.139. The number of H-pyrrole nitrogens is 1. The number of ether oxygens (including phenoxy) is 1. The number of hydrogen-bond acceptors (Lipinski definition) is 3. The van der Waals surface area contributed by atoms with Crippen molar-refractivity contribution in [3.63, 3.8) is 0 Å². The highest BCUT2D eigenvalue weighted by molar-refractivity contribution is 5.75. The number of urea groups is 1. The molecule has 2 N–H and O–H groups in total. The van der Waals surface area contributed by atoms with Gasteiger partial charge in [-0.3, -0.25) is 0 Å². The second-order valence-electron chi connectivity index (χ2n) is 5.45. The van der Waals surface area contributed by atoms with Gasteiger partial charge in [0.25, 0.3) is 0 Å². The fourth-order valence-electron chi connectivity index (χ4n) is 2.61. The zero-order valence-corrected chi connectivity index (χ0v) is 12.7. The van der Waals surface area contributed by atoms with E-state index in [-0.39, 0.29) is 31.5 Å². The van der Waals surface area contributed by atoms with Crippen LogP contribution in [0.15, 0.2) is 18.2 Å². The number of carbonyl (C=O) groups is 1. The summed E-state index contributed by atoms with van der Waals surface area (Å²) in [4.78, 5) is 20.3. The predicted octanol–water partition coefficient (Wildman–Crippen LogP) is 1.97. The molecule has 1 fully saturated rings. The van der Waals surface area contributed by atoms with Crippen LogP contribution in [-0.4, -0.2) is 52.8 Å². The molecule has 0 radical (unpaired) electrons. The van der Waals surface area contributed by atoms with Gasteiger partial charge in [-0.05, 0) is 25.1 Å². The molecule has 2 amide bonds. The molecule has 8 heteroatoms. The molecule has 1 aliphatic heterocycles. The summed E-state index contributed by atoms with van der Waals surface area (Å²) in [5.41, 5.74) is 1.19. The number of nitrogens with one attached hydrogen (secondary N) is 2. The Morgan fingerprint density at radius 1 is 1.52 bits per heavy atom. The maximum atomic E-state index is 14.0. The molecule has 6 nitrogen and oxygen atoms in total. The summed E-state index contributed by atoms with van der Waals surface area (Å²) in [6.07, 6.45) is -1.93. The molecule has 2 aromatic rings. The molecule has 2 heterocycles. The van der Waals surface area contributed by atoms with Crippen LogP contribution >= 0.6 is 0 Å². The van der Waals surface area contributed by atoms with Crippen LogP contribution in [0.4, 0.5) is 13.6 Å². The SMILES string of the molecule is CCNC(=O)N1CC(F)C(OCc2nc3ccc(F)cc3[nH]2)C1. The number of halogens is 2. The van der Waals surface area contributed by atoms with Crippen LogP contribution < -0.4 is 5.32 Å². The molecule has 1 aromatic carbocycles. The second kappa shape index (κ2) is 6.49. The molecule has 23 heavy (non-hydrogen) atoms. The maximum Gasteiger partial charge on any atom is 0.317 e. The van der Waals surface area contributed by atoms with Crippen molar-refractivity contribution in [2.24, 2.45) is 0 Å². The minimum atomic E-state index is -1.24. The first-order valence-corrected chi connectivity index (χ1v) is 7.49. The normalized spacial score (nSPS) is 21.1. The minimum Gasteiger partial charge on any atom is -0.365 e. The first-order valence-electron chi connectivity index (χ1n) is 7.49. The number of carbonyl (C=O) groups excluding carboxylic acids is 1. The summed E-state index contributed by atoms with van der Waals surface area (Å²) in [6, 6.07) is 3.94. The summed E-state index contributed by atoms with van der Waals surface area (Å²) in [5, 5.41) is 2.64. The van der Waals surface area contributed by atoms with Crippen molar-refractivity contribution in [3.8, 4) is 0 Å². The number of likely N-dealkylation sites (tertiary alicyclic amines) is 1. The number of aromatic nitrogens is 2. The number of aromatic amines is 1. The van der Waals surface area contributed by atoms with Gasteiger partial charge >= 0.3 is 6.03 Å². The van der Waals surface area contributed by atoms with Crippen molar-refractivity contribution in [2.75, 3.05) is 19.6 Å². The fraction of sp³-hybridized carbons (Fsp3) is 0.467. The van der Waals surface area contributed by atoms with E-state index in [2.05, 4.69) is 15.3 Å². The van der Waals surface area contributed by atoms with E-state index in [1.54, 1.807) is 13.0 Å². The third kappa shape index (κ3) is 3.42. The topological polar surface area (TPSA) is 70.2 Å². The molecule has 0 bridgehead atoms. The number of nitrogens with zero attached hydrogens (tertiary/aromatic N) is 2. The Morgan fingerprint density at radius 2 is 2.35 bits per heavy atom. The number of imidazole rings is 1. The highest BCUT2D eigenvalue weighted by Gasteiger charge is 2.36. The third-order valence-electron chi connectivity index (χ3n) is 3.74. The molecule has 0 aliphatic carbocycles. The molecule has 3 rings (SSSR count). The zero-order chi connectivity index (χ0) is 16.4. The van der Waals surface area contributed by atoms with Gasteiger partial charge in [0.2, 0.25) is 0 Å². The van der Waals surface area contributed by atoms with Crippen molar-refractivity contribution in [3.05, 3.63) is 29.8 Å². The van der Waals surface area contributed by atoms with Crippen LogP contribution in [0.2, 0.25) is 0 Å². The van der Waals surface area contributed by atoms with E-state index in [4.69, 9.17) is 4.74 Å². The smallest absolute Gasteiger partial charge is 0.317 e. The van der Waals surface area contributed by atoms with Crippen LogP contribution in [0.25, 0.3) is 11.0 Å². The molecule has 1 aliphatic rings. The average molecular weight is 324 g/mol. The lowest BCUT2D eigenvalue weighted by Gasteiger charge is -2.16. The molecule has 124 valence electrons. The minimum absolute atomic E-state index is 0.0157. The molecule has 1 aromatic heterocycles. The lowest BCUT2D eigenvalue weighted by atomic mass is 10.3. The molecular formula is C15H18F2N4O2. The standard InChI is InChI=1S/C15H18F2N4O2/c1-2-18-15(22)21-6-10(17)13(7-21)23-8-14-19-11-4-3-9(16)5-12(11)20-14/h3-5,10,13H,2,6-8H2,1H3,(H,18,22)(H,19,20). The van der Waals surface area contributed by atoms with Gasteiger partial charge in [0.1, 0.15) is 30.5 Å². The van der Waals surface area contributed by atoms with Gasteiger partial charge in [0.05, 0.1) is 24.1 Å². The number of amides is 2. The van der Waals surface area contributed by atoms with Crippen molar-refractivity contribution in [2.45, 2.75) is 25.8 Å². The van der Waals surface area contributed by atoms with Crippen LogP contribution in [0.3, 0.4) is 0 Å². The average Bonchev–Trinajstić information content (AvgIpc) is 3.08. The summed E-state index contributed by atoms with van der Waals surface area (Å²) in [6.45, 7) is 2.58. The summed E-state index contributed by atoms with van der Waals surface area (Å²) >= 11 is 0. The van der Waals surface area contributed by atoms with E-state index in [0.717, 1.165) is 0 Å². The number of alkyl halides is 1. The predicted molar refractivity (Wildman–Crippen MR) is 80.2 cm³/mol. The van der Waals surface area contributed by atoms with E-state index in [1.807, 2.05) is 0 Å². The van der Waals surface area contributed by atoms with Crippen LogP contribution in [-0.2, 0) is 11.3 Å². The lowest BCUT2D eigenvalue weighted by molar-refractivity contribution is 0.00952. The molecule has 0 spiro atoms. The molecule has 2 unspecified atom stereocenters. The summed E-state index contributed by atoms with van der Waals surface area (Å²) in [7, 11) is 0. The quantitative estimate of drug-likeness (QED) is 0.903. The zero-order valence-electron chi connectivity index (χ0n) is 12.7. The van der Waals surface area contributed by atoms with Crippen molar-refractivity contribution >= 4 is 17.1 Å². The van der Waals surface area contributed by atoms with Gasteiger partial charge in [0, 0.05) is 6.54 Å². The van der Waals surface area contributed by atoms with Crippen molar-refractivity contribution < 1.29 is 18.3 Å². The van der Waals surface area contributed by atoms with Crippen LogP contribution in [0.5, 0.6) is 0 Å². The Morgan fingerprint density at radius 3 is 3.13 bits per heavy atom. The first-order chi connectivity index (χ1) is 11.1. The van der Waals surface area contributed by atoms with Gasteiger partial charge in [-0.25, -0.2) is 18.6 Å². The monoisotopic (exact) mass is 324 g/mol. The third-order valence-corrected chi connectivity index (χ3v) is 3.74. The fourth-order valence-corrected chi connectivity index (χ4v) is 2.61. The Labute approximate surface area is 131 Å². The van der Waals surface area contributed by atoms with E-state index < -0.39 is 12.3 Å². The Balaban J connectivity index is 1.60. The number of rotatable bonds is 4. The molecule has 0 saturated carbocycles. The Bertz CT molecular complexity index is 706. The van der Waals surface area contributed by atoms with Gasteiger partial charge in [-0.1, -0.05) is 0 Å². The summed E-state index contributed by atoms with van der Waals surface area (Å²) < 4.78 is 32.6. The second-order valence-corrected chi connectivity index (χ2v) is 5.45. The van der Waals surface area contributed by atoms with Crippen LogP contribution in [0.1, 0.15) is 12.7 Å². The van der Waals surface area contributed by atoms with E-state index >= 15 is 0 Å². The van der Waals surface area contributed by atoms with Crippen LogP contribution in [0, 0.1) is 5.82 Å². The molecule has 2 atom stereocenters. The maximum absolute atomic E-state index is 14.0. The Kier molecular flexibility index (Phi) is 4.42. The number of hydrogen-bond donors (Lipinski definition) is 2. The van der Waals surface area contributed by atoms with Crippen molar-refractivity contribution in [1.82, 2.24) is 20.2 Å². The van der Waals surface area contributed by atoms with Gasteiger partial charge in [0.15, 0.2) is 0 Å². The lowest BCUT2D eigenvalue weighted by Crippen LogP contribution is -2.39. The molecule has 1 saturated heterocycles. The number of fused-ring (bicyclic) bond motifs is 1. The molecular weight excluding hydrogens is 306 g/mol. The first kappa shape index (κ1) is 15.7.